The summed E-state index contributed by atoms with van der Waals surface area (Å²) in [5.41, 5.74) is 0. The van der Waals surface area contributed by atoms with Crippen molar-refractivity contribution >= 4 is 20.4 Å². The van der Waals surface area contributed by atoms with Crippen LogP contribution >= 0.6 is 0 Å². The van der Waals surface area contributed by atoms with Gasteiger partial charge in [-0.05, 0) is 81.2 Å². The normalized spacial score (nSPS) is 39.1. The van der Waals surface area contributed by atoms with Crippen molar-refractivity contribution in [3.05, 3.63) is 12.2 Å². The van der Waals surface area contributed by atoms with Gasteiger partial charge < -0.3 is 19.3 Å². The number of fused-ring (bicyclic) bond motifs is 9. The monoisotopic (exact) mass is 421 g/mol. The number of carboxylic acids is 1. The Morgan fingerprint density at radius 1 is 1.03 bits per heavy atom. The molecule has 0 aromatic heterocycles. The van der Waals surface area contributed by atoms with Crippen molar-refractivity contribution in [2.45, 2.75) is 45.7 Å². The molecule has 4 bridgehead atoms. The molecule has 8 atom stereocenters. The van der Waals surface area contributed by atoms with E-state index in [1.807, 2.05) is 13.8 Å². The average Bonchev–Trinajstić information content (AvgIpc) is 3.43. The molecule has 0 heterocycles. The summed E-state index contributed by atoms with van der Waals surface area (Å²) in [4.78, 5) is 25.2. The van der Waals surface area contributed by atoms with Crippen LogP contribution in [0.25, 0.3) is 0 Å². The van der Waals surface area contributed by atoms with Crippen LogP contribution in [-0.2, 0) is 18.4 Å². The zero-order valence-electron chi connectivity index (χ0n) is 17.8. The first-order valence-corrected chi connectivity index (χ1v) is 13.9. The highest BCUT2D eigenvalue weighted by Crippen LogP contribution is 2.68. The Morgan fingerprint density at radius 3 is 2.17 bits per heavy atom. The molecule has 3 fully saturated rings. The van der Waals surface area contributed by atoms with Crippen LogP contribution in [0.3, 0.4) is 0 Å². The molecule has 0 spiro atoms. The molecule has 1 amide bonds. The Kier molecular flexibility index (Phi) is 5.92. The molecule has 6 nitrogen and oxygen atoms in total. The SMILES string of the molecule is CCO[Si](C)(CCCNC(=O)C1C2CC(C1C(=O)O)C1C3C=CC(C3)C21)OCC. The second-order valence-electron chi connectivity index (χ2n) is 9.45. The summed E-state index contributed by atoms with van der Waals surface area (Å²) in [6, 6.07) is 0.827. The predicted octanol–water partition coefficient (Wildman–Crippen LogP) is 3.04. The summed E-state index contributed by atoms with van der Waals surface area (Å²) in [5, 5.41) is 13.0. The van der Waals surface area contributed by atoms with Crippen molar-refractivity contribution in [2.75, 3.05) is 19.8 Å². The minimum atomic E-state index is -2.18. The van der Waals surface area contributed by atoms with Crippen molar-refractivity contribution in [2.24, 2.45) is 47.3 Å². The molecule has 2 N–H and O–H groups in total. The van der Waals surface area contributed by atoms with Gasteiger partial charge >= 0.3 is 14.5 Å². The fourth-order valence-corrected chi connectivity index (χ4v) is 9.68. The lowest BCUT2D eigenvalue weighted by Crippen LogP contribution is -2.47. The minimum Gasteiger partial charge on any atom is -0.481 e. The molecule has 4 aliphatic carbocycles. The van der Waals surface area contributed by atoms with Gasteiger partial charge in [0.2, 0.25) is 5.91 Å². The number of hydrogen-bond donors (Lipinski definition) is 2. The summed E-state index contributed by atoms with van der Waals surface area (Å²) in [5.74, 6) is 0.815. The lowest BCUT2D eigenvalue weighted by Gasteiger charge is -2.39. The highest BCUT2D eigenvalue weighted by molar-refractivity contribution is 6.66. The summed E-state index contributed by atoms with van der Waals surface area (Å²) < 4.78 is 11.7. The first-order valence-electron chi connectivity index (χ1n) is 11.4. The van der Waals surface area contributed by atoms with Crippen LogP contribution in [0.1, 0.15) is 33.1 Å². The standard InChI is InChI=1S/C22H35NO5Si/c1-4-27-29(3,28-5-2)10-6-9-23-21(24)19-15-12-16(20(19)22(25)26)18-14-8-7-13(11-14)17(15)18/h7-8,13-20H,4-6,9-12H2,1-3H3,(H,23,24)(H,25,26). The number of carboxylic acid groups (broad SMARTS) is 1. The maximum absolute atomic E-state index is 13.1. The summed E-state index contributed by atoms with van der Waals surface area (Å²) in [7, 11) is -2.18. The van der Waals surface area contributed by atoms with Gasteiger partial charge in [0, 0.05) is 19.8 Å². The van der Waals surface area contributed by atoms with Gasteiger partial charge in [-0.1, -0.05) is 12.2 Å². The van der Waals surface area contributed by atoms with Gasteiger partial charge in [-0.15, -0.1) is 0 Å². The van der Waals surface area contributed by atoms with Crippen molar-refractivity contribution in [1.82, 2.24) is 5.32 Å². The number of carbonyl (C=O) groups excluding carboxylic acids is 1. The van der Waals surface area contributed by atoms with Gasteiger partial charge in [-0.2, -0.15) is 0 Å². The van der Waals surface area contributed by atoms with E-state index in [9.17, 15) is 14.7 Å². The highest BCUT2D eigenvalue weighted by Gasteiger charge is 2.67. The Hall–Kier alpha value is -1.18. The maximum atomic E-state index is 13.1. The topological polar surface area (TPSA) is 84.9 Å². The minimum absolute atomic E-state index is 0.0497. The molecule has 29 heavy (non-hydrogen) atoms. The van der Waals surface area contributed by atoms with E-state index in [1.165, 1.54) is 6.42 Å². The number of nitrogens with one attached hydrogen (secondary N) is 1. The zero-order chi connectivity index (χ0) is 20.8. The van der Waals surface area contributed by atoms with Gasteiger partial charge in [0.05, 0.1) is 11.8 Å². The molecule has 3 saturated carbocycles. The van der Waals surface area contributed by atoms with Gasteiger partial charge in [0.25, 0.3) is 0 Å². The number of allylic oxidation sites excluding steroid dienone is 2. The van der Waals surface area contributed by atoms with Crippen molar-refractivity contribution in [1.29, 1.82) is 0 Å². The molecule has 4 rings (SSSR count). The molecule has 4 aliphatic rings. The van der Waals surface area contributed by atoms with Gasteiger partial charge in [0.1, 0.15) is 0 Å². The van der Waals surface area contributed by atoms with Crippen LogP contribution in [0.4, 0.5) is 0 Å². The maximum Gasteiger partial charge on any atom is 0.334 e. The van der Waals surface area contributed by atoms with Crippen molar-refractivity contribution in [3.8, 4) is 0 Å². The molecular formula is C22H35NO5Si. The third kappa shape index (κ3) is 3.59. The fraction of sp³-hybridized carbons (Fsp3) is 0.818. The number of rotatable bonds is 10. The van der Waals surface area contributed by atoms with E-state index in [0.29, 0.717) is 43.4 Å². The number of carbonyl (C=O) groups is 2. The molecule has 8 unspecified atom stereocenters. The lowest BCUT2D eigenvalue weighted by molar-refractivity contribution is -0.152. The van der Waals surface area contributed by atoms with Gasteiger partial charge in [-0.25, -0.2) is 0 Å². The van der Waals surface area contributed by atoms with Gasteiger partial charge in [-0.3, -0.25) is 9.59 Å². The molecule has 0 aliphatic heterocycles. The van der Waals surface area contributed by atoms with Crippen molar-refractivity contribution < 1.29 is 23.5 Å². The quantitative estimate of drug-likeness (QED) is 0.245. The highest BCUT2D eigenvalue weighted by atomic mass is 28.4. The molecule has 0 aromatic carbocycles. The average molecular weight is 422 g/mol. The molecular weight excluding hydrogens is 386 g/mol. The van der Waals surface area contributed by atoms with E-state index in [0.717, 1.165) is 18.9 Å². The van der Waals surface area contributed by atoms with Crippen LogP contribution in [0, 0.1) is 47.3 Å². The largest absolute Gasteiger partial charge is 0.481 e. The van der Waals surface area contributed by atoms with E-state index in [4.69, 9.17) is 8.85 Å². The Morgan fingerprint density at radius 2 is 1.62 bits per heavy atom. The summed E-state index contributed by atoms with van der Waals surface area (Å²) >= 11 is 0. The first-order chi connectivity index (χ1) is 13.9. The number of hydrogen-bond acceptors (Lipinski definition) is 4. The Labute approximate surface area is 174 Å². The summed E-state index contributed by atoms with van der Waals surface area (Å²) in [6.45, 7) is 7.86. The van der Waals surface area contributed by atoms with Crippen LogP contribution in [-0.4, -0.2) is 45.3 Å². The Bertz CT molecular complexity index is 676. The third-order valence-electron chi connectivity index (χ3n) is 8.02. The second-order valence-corrected chi connectivity index (χ2v) is 12.8. The van der Waals surface area contributed by atoms with E-state index >= 15 is 0 Å². The van der Waals surface area contributed by atoms with Crippen LogP contribution in [0.15, 0.2) is 12.2 Å². The Balaban J connectivity index is 1.36. The second kappa shape index (κ2) is 8.15. The smallest absolute Gasteiger partial charge is 0.334 e. The van der Waals surface area contributed by atoms with E-state index in [-0.39, 0.29) is 23.7 Å². The van der Waals surface area contributed by atoms with Crippen LogP contribution < -0.4 is 5.32 Å². The third-order valence-corrected chi connectivity index (χ3v) is 11.1. The molecule has 0 saturated heterocycles. The number of aliphatic carboxylic acids is 1. The van der Waals surface area contributed by atoms with Crippen molar-refractivity contribution in [3.63, 3.8) is 0 Å². The lowest BCUT2D eigenvalue weighted by atomic mass is 9.64. The van der Waals surface area contributed by atoms with E-state index in [2.05, 4.69) is 24.0 Å². The summed E-state index contributed by atoms with van der Waals surface area (Å²) in [6.07, 6.45) is 7.51. The zero-order valence-corrected chi connectivity index (χ0v) is 18.8. The first kappa shape index (κ1) is 21.1. The predicted molar refractivity (Wildman–Crippen MR) is 111 cm³/mol. The van der Waals surface area contributed by atoms with Gasteiger partial charge in [0.15, 0.2) is 0 Å². The molecule has 0 radical (unpaired) electrons. The van der Waals surface area contributed by atoms with E-state index in [1.54, 1.807) is 0 Å². The molecule has 162 valence electrons. The van der Waals surface area contributed by atoms with E-state index < -0.39 is 20.4 Å². The number of amides is 1. The van der Waals surface area contributed by atoms with Crippen LogP contribution in [0.2, 0.25) is 12.6 Å². The fourth-order valence-electron chi connectivity index (χ4n) is 7.27. The molecule has 0 aromatic rings. The molecule has 7 heteroatoms. The van der Waals surface area contributed by atoms with Crippen LogP contribution in [0.5, 0.6) is 0 Å².